The lowest BCUT2D eigenvalue weighted by Crippen LogP contribution is -2.51. The van der Waals surface area contributed by atoms with Crippen LogP contribution < -0.4 is 11.5 Å². The van der Waals surface area contributed by atoms with Crippen LogP contribution in [0.4, 0.5) is 9.59 Å². The fraction of sp³-hybridized carbons (Fsp3) is 0.938. The second-order valence-corrected chi connectivity index (χ2v) is 15.1. The Morgan fingerprint density at radius 1 is 0.548 bits per heavy atom. The molecule has 4 rings (SSSR count). The van der Waals surface area contributed by atoms with Gasteiger partial charge < -0.3 is 30.7 Å². The van der Waals surface area contributed by atoms with Crippen molar-refractivity contribution in [1.29, 1.82) is 0 Å². The monoisotopic (exact) mass is 594 g/mol. The van der Waals surface area contributed by atoms with E-state index in [1.807, 2.05) is 51.3 Å². The summed E-state index contributed by atoms with van der Waals surface area (Å²) >= 11 is 0. The Labute approximate surface area is 255 Å². The van der Waals surface area contributed by atoms with Gasteiger partial charge in [0.2, 0.25) is 0 Å². The highest BCUT2D eigenvalue weighted by Gasteiger charge is 2.29. The van der Waals surface area contributed by atoms with Crippen LogP contribution in [0.15, 0.2) is 0 Å². The van der Waals surface area contributed by atoms with E-state index in [1.165, 1.54) is 51.4 Å². The zero-order valence-corrected chi connectivity index (χ0v) is 27.6. The first-order valence-corrected chi connectivity index (χ1v) is 16.6. The van der Waals surface area contributed by atoms with E-state index in [0.29, 0.717) is 12.1 Å². The molecule has 0 unspecified atom stereocenters. The van der Waals surface area contributed by atoms with Gasteiger partial charge in [-0.1, -0.05) is 0 Å². The van der Waals surface area contributed by atoms with Gasteiger partial charge in [-0.2, -0.15) is 0 Å². The molecule has 0 aromatic carbocycles. The maximum Gasteiger partial charge on any atom is 0.410 e. The SMILES string of the molecule is CC(C)(C)OC(=O)N1CCN(CC2CCC(N)CC2)CC1.CC(C)(C)OC(=O)N1CCN(CC2CCC(N)CC2)CC1. The number of hydrogen-bond donors (Lipinski definition) is 2. The van der Waals surface area contributed by atoms with E-state index in [2.05, 4.69) is 9.80 Å². The predicted octanol–water partition coefficient (Wildman–Crippen LogP) is 4.11. The molecule has 0 bridgehead atoms. The van der Waals surface area contributed by atoms with Crippen LogP contribution in [-0.4, -0.2) is 121 Å². The van der Waals surface area contributed by atoms with Crippen LogP contribution in [0.3, 0.4) is 0 Å². The Kier molecular flexibility index (Phi) is 13.2. The lowest BCUT2D eigenvalue weighted by atomic mass is 9.86. The van der Waals surface area contributed by atoms with Crippen molar-refractivity contribution in [2.75, 3.05) is 65.4 Å². The van der Waals surface area contributed by atoms with Gasteiger partial charge in [-0.15, -0.1) is 0 Å². The first-order chi connectivity index (χ1) is 19.7. The Hall–Kier alpha value is -1.62. The number of rotatable bonds is 4. The quantitative estimate of drug-likeness (QED) is 0.499. The number of amides is 2. The Morgan fingerprint density at radius 2 is 0.833 bits per heavy atom. The molecule has 244 valence electrons. The van der Waals surface area contributed by atoms with Crippen LogP contribution >= 0.6 is 0 Å². The zero-order chi connectivity index (χ0) is 30.9. The average Bonchev–Trinajstić information content (AvgIpc) is 2.91. The van der Waals surface area contributed by atoms with Gasteiger partial charge in [-0.05, 0) is 105 Å². The first kappa shape index (κ1) is 34.9. The summed E-state index contributed by atoms with van der Waals surface area (Å²) in [5.74, 6) is 1.58. The van der Waals surface area contributed by atoms with Crippen LogP contribution in [0.25, 0.3) is 0 Å². The van der Waals surface area contributed by atoms with Crippen molar-refractivity contribution in [2.24, 2.45) is 23.3 Å². The summed E-state index contributed by atoms with van der Waals surface area (Å²) in [6.07, 6.45) is 9.36. The molecular formula is C32H62N6O4. The van der Waals surface area contributed by atoms with Gasteiger partial charge in [0, 0.05) is 77.5 Å². The second-order valence-electron chi connectivity index (χ2n) is 15.1. The van der Waals surface area contributed by atoms with Crippen molar-refractivity contribution in [3.05, 3.63) is 0 Å². The van der Waals surface area contributed by atoms with Crippen LogP contribution in [0.1, 0.15) is 92.9 Å². The molecule has 10 heteroatoms. The van der Waals surface area contributed by atoms with Crippen LogP contribution in [0.5, 0.6) is 0 Å². The molecule has 2 aliphatic carbocycles. The van der Waals surface area contributed by atoms with Crippen molar-refractivity contribution < 1.29 is 19.1 Å². The normalized spacial score (nSPS) is 28.5. The van der Waals surface area contributed by atoms with E-state index in [-0.39, 0.29) is 12.2 Å². The molecule has 4 aliphatic rings. The van der Waals surface area contributed by atoms with Gasteiger partial charge >= 0.3 is 12.2 Å². The Bertz CT molecular complexity index is 744. The van der Waals surface area contributed by atoms with Crippen LogP contribution in [0.2, 0.25) is 0 Å². The molecule has 2 heterocycles. The first-order valence-electron chi connectivity index (χ1n) is 16.6. The third kappa shape index (κ3) is 12.9. The summed E-state index contributed by atoms with van der Waals surface area (Å²) in [7, 11) is 0. The van der Waals surface area contributed by atoms with E-state index in [9.17, 15) is 9.59 Å². The van der Waals surface area contributed by atoms with E-state index in [0.717, 1.165) is 77.3 Å². The predicted molar refractivity (Wildman–Crippen MR) is 168 cm³/mol. The fourth-order valence-corrected chi connectivity index (χ4v) is 6.35. The summed E-state index contributed by atoms with van der Waals surface area (Å²) in [6, 6.07) is 0.843. The minimum Gasteiger partial charge on any atom is -0.444 e. The molecule has 10 nitrogen and oxygen atoms in total. The van der Waals surface area contributed by atoms with Gasteiger partial charge in [0.25, 0.3) is 0 Å². The van der Waals surface area contributed by atoms with Crippen LogP contribution in [-0.2, 0) is 9.47 Å². The fourth-order valence-electron chi connectivity index (χ4n) is 6.35. The molecule has 2 aliphatic heterocycles. The highest BCUT2D eigenvalue weighted by atomic mass is 16.6. The average molecular weight is 595 g/mol. The highest BCUT2D eigenvalue weighted by Crippen LogP contribution is 2.25. The molecule has 2 saturated heterocycles. The Balaban J connectivity index is 0.000000230. The molecule has 0 aromatic heterocycles. The second kappa shape index (κ2) is 15.9. The molecule has 42 heavy (non-hydrogen) atoms. The largest absolute Gasteiger partial charge is 0.444 e. The molecule has 4 fully saturated rings. The maximum atomic E-state index is 12.0. The van der Waals surface area contributed by atoms with Gasteiger partial charge in [0.05, 0.1) is 0 Å². The van der Waals surface area contributed by atoms with Crippen molar-refractivity contribution in [2.45, 2.75) is 116 Å². The van der Waals surface area contributed by atoms with E-state index in [1.54, 1.807) is 0 Å². The summed E-state index contributed by atoms with van der Waals surface area (Å²) in [5.41, 5.74) is 11.1. The van der Waals surface area contributed by atoms with E-state index in [4.69, 9.17) is 20.9 Å². The van der Waals surface area contributed by atoms with E-state index < -0.39 is 11.2 Å². The van der Waals surface area contributed by atoms with Crippen molar-refractivity contribution in [3.8, 4) is 0 Å². The van der Waals surface area contributed by atoms with E-state index >= 15 is 0 Å². The lowest BCUT2D eigenvalue weighted by molar-refractivity contribution is 0.0118. The standard InChI is InChI=1S/2C16H31N3O2/c2*1-16(2,3)21-15(20)19-10-8-18(9-11-19)12-13-4-6-14(17)7-5-13/h2*13-14H,4-12,17H2,1-3H3. The third-order valence-electron chi connectivity index (χ3n) is 8.86. The van der Waals surface area contributed by atoms with Crippen molar-refractivity contribution >= 4 is 12.2 Å². The van der Waals surface area contributed by atoms with Crippen LogP contribution in [0, 0.1) is 11.8 Å². The smallest absolute Gasteiger partial charge is 0.410 e. The minimum atomic E-state index is -0.408. The lowest BCUT2D eigenvalue weighted by Gasteiger charge is -2.38. The maximum absolute atomic E-state index is 12.0. The number of carbonyl (C=O) groups excluding carboxylic acids is 2. The number of piperazine rings is 2. The molecule has 0 radical (unpaired) electrons. The van der Waals surface area contributed by atoms with Gasteiger partial charge in [0.15, 0.2) is 0 Å². The third-order valence-corrected chi connectivity index (χ3v) is 8.86. The molecule has 0 aromatic rings. The topological polar surface area (TPSA) is 118 Å². The minimum absolute atomic E-state index is 0.175. The Morgan fingerprint density at radius 3 is 1.10 bits per heavy atom. The van der Waals surface area contributed by atoms with Gasteiger partial charge in [-0.25, -0.2) is 9.59 Å². The number of nitrogens with two attached hydrogens (primary N) is 2. The summed E-state index contributed by atoms with van der Waals surface area (Å²) < 4.78 is 10.9. The summed E-state index contributed by atoms with van der Waals surface area (Å²) in [6.45, 7) is 20.7. The van der Waals surface area contributed by atoms with Gasteiger partial charge in [-0.3, -0.25) is 9.80 Å². The highest BCUT2D eigenvalue weighted by molar-refractivity contribution is 5.68. The number of nitrogens with zero attached hydrogens (tertiary/aromatic N) is 4. The number of carbonyl (C=O) groups is 2. The molecule has 0 atom stereocenters. The number of ether oxygens (including phenoxy) is 2. The number of hydrogen-bond acceptors (Lipinski definition) is 8. The molecule has 2 saturated carbocycles. The molecule has 0 spiro atoms. The van der Waals surface area contributed by atoms with Gasteiger partial charge in [0.1, 0.15) is 11.2 Å². The summed E-state index contributed by atoms with van der Waals surface area (Å²) in [4.78, 5) is 32.7. The molecule has 4 N–H and O–H groups in total. The van der Waals surface area contributed by atoms with Crippen molar-refractivity contribution in [3.63, 3.8) is 0 Å². The molecular weight excluding hydrogens is 532 g/mol. The summed E-state index contributed by atoms with van der Waals surface area (Å²) in [5, 5.41) is 0. The molecule has 2 amide bonds. The van der Waals surface area contributed by atoms with Crippen molar-refractivity contribution in [1.82, 2.24) is 19.6 Å². The zero-order valence-electron chi connectivity index (χ0n) is 27.6.